The summed E-state index contributed by atoms with van der Waals surface area (Å²) in [5.74, 6) is 0.554. The maximum Gasteiger partial charge on any atom is 0.255 e. The predicted octanol–water partition coefficient (Wildman–Crippen LogP) is 3.40. The van der Waals surface area contributed by atoms with Crippen molar-refractivity contribution in [1.82, 2.24) is 24.7 Å². The summed E-state index contributed by atoms with van der Waals surface area (Å²) in [5, 5.41) is 0.805. The molecular formula is C27H35Cl2N7O3. The van der Waals surface area contributed by atoms with Gasteiger partial charge in [0, 0.05) is 69.5 Å². The number of nitrogens with two attached hydrogens (primary N) is 1. The maximum absolute atomic E-state index is 12.9. The molecule has 1 aromatic carbocycles. The molecule has 0 aliphatic carbocycles. The minimum Gasteiger partial charge on any atom is -0.382 e. The maximum atomic E-state index is 12.9. The third-order valence-electron chi connectivity index (χ3n) is 8.13. The number of likely N-dealkylation sites (N-methyl/N-ethyl adjacent to an activating group) is 1. The lowest BCUT2D eigenvalue weighted by molar-refractivity contribution is -0.153. The van der Waals surface area contributed by atoms with Crippen molar-refractivity contribution >= 4 is 47.0 Å². The first-order valence-electron chi connectivity index (χ1n) is 13.4. The summed E-state index contributed by atoms with van der Waals surface area (Å²) in [4.78, 5) is 41.2. The van der Waals surface area contributed by atoms with Gasteiger partial charge in [-0.2, -0.15) is 0 Å². The molecule has 12 heteroatoms. The number of piperazine rings is 1. The smallest absolute Gasteiger partial charge is 0.255 e. The number of fused-ring (bicyclic) bond motifs is 1. The van der Waals surface area contributed by atoms with Crippen molar-refractivity contribution in [3.63, 3.8) is 0 Å². The molecule has 0 bridgehead atoms. The lowest BCUT2D eigenvalue weighted by atomic mass is 9.97. The van der Waals surface area contributed by atoms with Crippen LogP contribution in [0.25, 0.3) is 0 Å². The van der Waals surface area contributed by atoms with E-state index in [1.165, 1.54) is 0 Å². The van der Waals surface area contributed by atoms with E-state index in [9.17, 15) is 9.59 Å². The molecule has 1 aromatic heterocycles. The van der Waals surface area contributed by atoms with Gasteiger partial charge in [0.2, 0.25) is 0 Å². The van der Waals surface area contributed by atoms with Crippen LogP contribution in [0.1, 0.15) is 60.1 Å². The second-order valence-electron chi connectivity index (χ2n) is 10.6. The molecule has 2 aromatic rings. The van der Waals surface area contributed by atoms with Crippen molar-refractivity contribution in [2.24, 2.45) is 0 Å². The fourth-order valence-electron chi connectivity index (χ4n) is 6.06. The number of halogens is 2. The van der Waals surface area contributed by atoms with Gasteiger partial charge in [-0.05, 0) is 37.0 Å². The molecule has 10 nitrogen and oxygen atoms in total. The fourth-order valence-corrected chi connectivity index (χ4v) is 6.49. The van der Waals surface area contributed by atoms with Crippen LogP contribution in [0, 0.1) is 0 Å². The first kappa shape index (κ1) is 28.0. The molecule has 0 saturated carbocycles. The van der Waals surface area contributed by atoms with Gasteiger partial charge < -0.3 is 20.3 Å². The van der Waals surface area contributed by atoms with Gasteiger partial charge in [0.25, 0.3) is 5.91 Å². The Balaban J connectivity index is 1.25. The summed E-state index contributed by atoms with van der Waals surface area (Å²) in [5.41, 5.74) is 7.87. The quantitative estimate of drug-likeness (QED) is 0.518. The molecule has 2 fully saturated rings. The Bertz CT molecular complexity index is 1240. The summed E-state index contributed by atoms with van der Waals surface area (Å²) in [6.45, 7) is 6.33. The number of piperidine rings is 1. The molecule has 0 spiro atoms. The standard InChI is InChI=1S/C27H35Cl2N7O3/c1-4-17-14-35(25-23(29)31-21(15-37)24(30)32-25)11-12-36(17)18-7-9-34(10-8-18)27-19-6-5-16(28)13-20(19)22(39-27)26(38)33(2)3/h5-6,13,15,17-18,22,27H,4,7-12,14H2,1-3H3,(H2,30,32). The van der Waals surface area contributed by atoms with E-state index in [1.807, 2.05) is 18.2 Å². The lowest BCUT2D eigenvalue weighted by Crippen LogP contribution is -2.58. The van der Waals surface area contributed by atoms with E-state index >= 15 is 0 Å². The number of benzene rings is 1. The molecule has 2 N–H and O–H groups in total. The van der Waals surface area contributed by atoms with E-state index in [1.54, 1.807) is 19.0 Å². The van der Waals surface area contributed by atoms with Crippen molar-refractivity contribution in [2.75, 3.05) is 57.5 Å². The predicted molar refractivity (Wildman–Crippen MR) is 151 cm³/mol. The number of hydrogen-bond acceptors (Lipinski definition) is 9. The highest BCUT2D eigenvalue weighted by atomic mass is 35.5. The van der Waals surface area contributed by atoms with Gasteiger partial charge in [-0.25, -0.2) is 9.97 Å². The number of rotatable bonds is 6. The second kappa shape index (κ2) is 11.5. The molecule has 210 valence electrons. The van der Waals surface area contributed by atoms with Crippen LogP contribution in [0.5, 0.6) is 0 Å². The molecule has 0 radical (unpaired) electrons. The first-order valence-corrected chi connectivity index (χ1v) is 14.2. The van der Waals surface area contributed by atoms with Crippen LogP contribution < -0.4 is 10.6 Å². The van der Waals surface area contributed by atoms with E-state index in [-0.39, 0.29) is 28.8 Å². The number of carbonyl (C=O) groups excluding carboxylic acids is 2. The molecule has 3 atom stereocenters. The largest absolute Gasteiger partial charge is 0.382 e. The van der Waals surface area contributed by atoms with Gasteiger partial charge in [0.05, 0.1) is 0 Å². The highest BCUT2D eigenvalue weighted by Crippen LogP contribution is 2.44. The van der Waals surface area contributed by atoms with E-state index < -0.39 is 6.10 Å². The highest BCUT2D eigenvalue weighted by Gasteiger charge is 2.42. The van der Waals surface area contributed by atoms with Gasteiger partial charge in [-0.1, -0.05) is 36.2 Å². The number of hydrogen-bond donors (Lipinski definition) is 1. The molecule has 3 unspecified atom stereocenters. The minimum atomic E-state index is -0.640. The average Bonchev–Trinajstić information content (AvgIpc) is 3.31. The van der Waals surface area contributed by atoms with Gasteiger partial charge >= 0.3 is 0 Å². The summed E-state index contributed by atoms with van der Waals surface area (Å²) in [6, 6.07) is 6.49. The van der Waals surface area contributed by atoms with Crippen LogP contribution in [0.3, 0.4) is 0 Å². The highest BCUT2D eigenvalue weighted by molar-refractivity contribution is 6.32. The zero-order chi connectivity index (χ0) is 27.8. The summed E-state index contributed by atoms with van der Waals surface area (Å²) >= 11 is 12.6. The second-order valence-corrected chi connectivity index (χ2v) is 11.4. The minimum absolute atomic E-state index is 0.0653. The third-order valence-corrected chi connectivity index (χ3v) is 8.62. The molecule has 2 saturated heterocycles. The molecule has 4 heterocycles. The van der Waals surface area contributed by atoms with E-state index in [4.69, 9.17) is 33.7 Å². The Morgan fingerprint density at radius 3 is 2.56 bits per heavy atom. The van der Waals surface area contributed by atoms with E-state index in [2.05, 4.69) is 31.6 Å². The SMILES string of the molecule is CCC1CN(c2nc(N)c(C=O)nc2Cl)CCN1C1CCN(C2OC(C(=O)N(C)C)c3cc(Cl)ccc32)CC1. The Labute approximate surface area is 239 Å². The Morgan fingerprint density at radius 1 is 1.15 bits per heavy atom. The van der Waals surface area contributed by atoms with Crippen LogP contribution in [0.4, 0.5) is 11.6 Å². The molecule has 3 aliphatic rings. The van der Waals surface area contributed by atoms with Crippen molar-refractivity contribution in [1.29, 1.82) is 0 Å². The zero-order valence-corrected chi connectivity index (χ0v) is 24.0. The van der Waals surface area contributed by atoms with Gasteiger partial charge in [-0.15, -0.1) is 0 Å². The fraction of sp³-hybridized carbons (Fsp3) is 0.556. The Kier molecular flexibility index (Phi) is 8.30. The molecular weight excluding hydrogens is 541 g/mol. The monoisotopic (exact) mass is 575 g/mol. The first-order chi connectivity index (χ1) is 18.7. The lowest BCUT2D eigenvalue weighted by Gasteiger charge is -2.48. The number of likely N-dealkylation sites (tertiary alicyclic amines) is 1. The number of nitrogen functional groups attached to an aromatic ring is 1. The van der Waals surface area contributed by atoms with E-state index in [0.717, 1.165) is 63.1 Å². The third kappa shape index (κ3) is 5.45. The van der Waals surface area contributed by atoms with Gasteiger partial charge in [-0.3, -0.25) is 19.4 Å². The van der Waals surface area contributed by atoms with Crippen molar-refractivity contribution in [3.8, 4) is 0 Å². The van der Waals surface area contributed by atoms with E-state index in [0.29, 0.717) is 29.2 Å². The van der Waals surface area contributed by atoms with Crippen LogP contribution in [0.15, 0.2) is 18.2 Å². The normalized spacial score (nSPS) is 24.5. The van der Waals surface area contributed by atoms with Crippen molar-refractivity contribution in [3.05, 3.63) is 45.2 Å². The number of nitrogens with zero attached hydrogens (tertiary/aromatic N) is 6. The van der Waals surface area contributed by atoms with Crippen LogP contribution in [0.2, 0.25) is 10.2 Å². The summed E-state index contributed by atoms with van der Waals surface area (Å²) < 4.78 is 6.37. The summed E-state index contributed by atoms with van der Waals surface area (Å²) in [6.07, 6.45) is 2.67. The van der Waals surface area contributed by atoms with Crippen molar-refractivity contribution < 1.29 is 14.3 Å². The Hall–Kier alpha value is -2.50. The topological polar surface area (TPSA) is 108 Å². The van der Waals surface area contributed by atoms with Crippen LogP contribution in [-0.2, 0) is 9.53 Å². The van der Waals surface area contributed by atoms with Gasteiger partial charge in [0.15, 0.2) is 29.2 Å². The molecule has 1 amide bonds. The number of aldehydes is 1. The van der Waals surface area contributed by atoms with Crippen LogP contribution in [-0.4, -0.2) is 95.8 Å². The zero-order valence-electron chi connectivity index (χ0n) is 22.5. The van der Waals surface area contributed by atoms with Crippen LogP contribution >= 0.6 is 23.2 Å². The summed E-state index contributed by atoms with van der Waals surface area (Å²) in [7, 11) is 3.49. The van der Waals surface area contributed by atoms with Gasteiger partial charge in [0.1, 0.15) is 11.9 Å². The molecule has 3 aliphatic heterocycles. The Morgan fingerprint density at radius 2 is 1.90 bits per heavy atom. The van der Waals surface area contributed by atoms with Crippen molar-refractivity contribution in [2.45, 2.75) is 50.6 Å². The average molecular weight is 577 g/mol. The number of aromatic nitrogens is 2. The number of anilines is 2. The number of amides is 1. The number of ether oxygens (including phenoxy) is 1. The number of carbonyl (C=O) groups is 2. The molecule has 5 rings (SSSR count). The molecule has 39 heavy (non-hydrogen) atoms.